The van der Waals surface area contributed by atoms with Crippen LogP contribution in [0, 0.1) is 13.8 Å². The van der Waals surface area contributed by atoms with E-state index in [1.807, 2.05) is 19.9 Å². The Morgan fingerprint density at radius 2 is 2.05 bits per heavy atom. The van der Waals surface area contributed by atoms with E-state index in [9.17, 15) is 0 Å². The molecule has 3 N–H and O–H groups in total. The van der Waals surface area contributed by atoms with E-state index in [1.54, 1.807) is 11.3 Å². The standard InChI is InChI=1S/C16H15N3S2/c1-9-7-13(15(16(17)20)10(2)18-9)19-12-3-4-14-11(8-12)5-6-21-14/h3-8H,1-2H3,(H2,17,20)(H,18,19). The fourth-order valence-corrected chi connectivity index (χ4v) is 3.47. The highest BCUT2D eigenvalue weighted by Gasteiger charge is 2.11. The molecule has 0 aliphatic heterocycles. The van der Waals surface area contributed by atoms with E-state index in [-0.39, 0.29) is 0 Å². The lowest BCUT2D eigenvalue weighted by Gasteiger charge is -2.14. The molecule has 1 aromatic carbocycles. The summed E-state index contributed by atoms with van der Waals surface area (Å²) < 4.78 is 1.28. The van der Waals surface area contributed by atoms with Gasteiger partial charge in [-0.1, -0.05) is 12.2 Å². The zero-order valence-corrected chi connectivity index (χ0v) is 13.4. The zero-order valence-electron chi connectivity index (χ0n) is 11.8. The molecule has 0 saturated carbocycles. The molecule has 3 aromatic rings. The van der Waals surface area contributed by atoms with Crippen molar-refractivity contribution in [3.63, 3.8) is 0 Å². The van der Waals surface area contributed by atoms with Crippen LogP contribution in [0.5, 0.6) is 0 Å². The van der Waals surface area contributed by atoms with E-state index in [2.05, 4.69) is 39.9 Å². The largest absolute Gasteiger partial charge is 0.389 e. The third kappa shape index (κ3) is 2.75. The van der Waals surface area contributed by atoms with E-state index < -0.39 is 0 Å². The molecule has 2 heterocycles. The average molecular weight is 313 g/mol. The highest BCUT2D eigenvalue weighted by atomic mass is 32.1. The molecule has 0 amide bonds. The van der Waals surface area contributed by atoms with Crippen LogP contribution in [-0.4, -0.2) is 9.97 Å². The number of fused-ring (bicyclic) bond motifs is 1. The SMILES string of the molecule is Cc1cc(Nc2ccc3sccc3c2)c(C(N)=S)c(C)n1. The lowest BCUT2D eigenvalue weighted by atomic mass is 10.1. The van der Waals surface area contributed by atoms with Crippen molar-refractivity contribution in [3.8, 4) is 0 Å². The normalized spacial score (nSPS) is 10.8. The van der Waals surface area contributed by atoms with Crippen molar-refractivity contribution in [1.29, 1.82) is 0 Å². The summed E-state index contributed by atoms with van der Waals surface area (Å²) in [5.74, 6) is 0. The maximum absolute atomic E-state index is 5.85. The molecule has 0 unspecified atom stereocenters. The van der Waals surface area contributed by atoms with Crippen molar-refractivity contribution in [3.05, 3.63) is 52.7 Å². The Labute approximate surface area is 132 Å². The first-order valence-electron chi connectivity index (χ1n) is 6.57. The summed E-state index contributed by atoms with van der Waals surface area (Å²) in [6, 6.07) is 10.4. The highest BCUT2D eigenvalue weighted by Crippen LogP contribution is 2.28. The van der Waals surface area contributed by atoms with Gasteiger partial charge in [-0.25, -0.2) is 0 Å². The molecule has 3 nitrogen and oxygen atoms in total. The molecule has 0 aliphatic rings. The molecule has 3 rings (SSSR count). The number of nitrogens with one attached hydrogen (secondary N) is 1. The van der Waals surface area contributed by atoms with Crippen LogP contribution >= 0.6 is 23.6 Å². The minimum absolute atomic E-state index is 0.360. The van der Waals surface area contributed by atoms with Crippen molar-refractivity contribution in [1.82, 2.24) is 4.98 Å². The molecular formula is C16H15N3S2. The molecule has 5 heteroatoms. The Morgan fingerprint density at radius 1 is 1.24 bits per heavy atom. The molecular weight excluding hydrogens is 298 g/mol. The van der Waals surface area contributed by atoms with Crippen LogP contribution in [0.3, 0.4) is 0 Å². The predicted octanol–water partition coefficient (Wildman–Crippen LogP) is 4.29. The maximum atomic E-state index is 5.85. The van der Waals surface area contributed by atoms with Crippen LogP contribution in [0.25, 0.3) is 10.1 Å². The summed E-state index contributed by atoms with van der Waals surface area (Å²) in [5.41, 5.74) is 10.4. The summed E-state index contributed by atoms with van der Waals surface area (Å²) in [4.78, 5) is 4.79. The molecule has 0 saturated heterocycles. The Balaban J connectivity index is 2.06. The monoisotopic (exact) mass is 313 g/mol. The van der Waals surface area contributed by atoms with E-state index >= 15 is 0 Å². The molecule has 0 radical (unpaired) electrons. The van der Waals surface area contributed by atoms with Gasteiger partial charge in [0.05, 0.1) is 11.3 Å². The molecule has 0 spiro atoms. The Morgan fingerprint density at radius 3 is 2.81 bits per heavy atom. The maximum Gasteiger partial charge on any atom is 0.107 e. The van der Waals surface area contributed by atoms with Crippen molar-refractivity contribution in [2.45, 2.75) is 13.8 Å². The number of nitrogens with zero attached hydrogens (tertiary/aromatic N) is 1. The van der Waals surface area contributed by atoms with Crippen molar-refractivity contribution in [2.75, 3.05) is 5.32 Å². The Hall–Kier alpha value is -1.98. The number of hydrogen-bond acceptors (Lipinski definition) is 4. The first kappa shape index (κ1) is 14.0. The van der Waals surface area contributed by atoms with Crippen molar-refractivity contribution >= 4 is 50.0 Å². The highest BCUT2D eigenvalue weighted by molar-refractivity contribution is 7.80. The van der Waals surface area contributed by atoms with Crippen LogP contribution in [-0.2, 0) is 0 Å². The summed E-state index contributed by atoms with van der Waals surface area (Å²) in [6.07, 6.45) is 0. The second-order valence-electron chi connectivity index (χ2n) is 4.93. The fraction of sp³-hybridized carbons (Fsp3) is 0.125. The number of benzene rings is 1. The molecule has 21 heavy (non-hydrogen) atoms. The first-order chi connectivity index (χ1) is 10.0. The second kappa shape index (κ2) is 5.42. The number of thiocarbonyl (C=S) groups is 1. The van der Waals surface area contributed by atoms with Crippen LogP contribution in [0.15, 0.2) is 35.7 Å². The molecule has 2 aromatic heterocycles. The third-order valence-electron chi connectivity index (χ3n) is 3.31. The number of aromatic nitrogens is 1. The van der Waals surface area contributed by atoms with Gasteiger partial charge in [-0.15, -0.1) is 11.3 Å². The van der Waals surface area contributed by atoms with Crippen LogP contribution in [0.4, 0.5) is 11.4 Å². The van der Waals surface area contributed by atoms with Gasteiger partial charge in [0, 0.05) is 21.8 Å². The predicted molar refractivity (Wildman–Crippen MR) is 94.7 cm³/mol. The van der Waals surface area contributed by atoms with E-state index in [0.29, 0.717) is 4.99 Å². The van der Waals surface area contributed by atoms with E-state index in [4.69, 9.17) is 18.0 Å². The molecule has 0 aliphatic carbocycles. The number of anilines is 2. The van der Waals surface area contributed by atoms with E-state index in [0.717, 1.165) is 28.3 Å². The molecule has 0 atom stereocenters. The van der Waals surface area contributed by atoms with Gasteiger partial charge in [0.1, 0.15) is 4.99 Å². The smallest absolute Gasteiger partial charge is 0.107 e. The minimum atomic E-state index is 0.360. The fourth-order valence-electron chi connectivity index (χ4n) is 2.44. The first-order valence-corrected chi connectivity index (χ1v) is 7.86. The Kier molecular flexibility index (Phi) is 3.61. The minimum Gasteiger partial charge on any atom is -0.389 e. The zero-order chi connectivity index (χ0) is 15.0. The van der Waals surface area contributed by atoms with Gasteiger partial charge in [-0.2, -0.15) is 0 Å². The lowest BCUT2D eigenvalue weighted by Crippen LogP contribution is -2.15. The summed E-state index contributed by atoms with van der Waals surface area (Å²) in [5, 5.41) is 6.73. The van der Waals surface area contributed by atoms with Crippen LogP contribution in [0.2, 0.25) is 0 Å². The second-order valence-corrected chi connectivity index (χ2v) is 6.32. The molecule has 0 fully saturated rings. The third-order valence-corrected chi connectivity index (χ3v) is 4.41. The summed E-state index contributed by atoms with van der Waals surface area (Å²) in [7, 11) is 0. The van der Waals surface area contributed by atoms with Gasteiger partial charge in [0.25, 0.3) is 0 Å². The lowest BCUT2D eigenvalue weighted by molar-refractivity contribution is 1.12. The van der Waals surface area contributed by atoms with Gasteiger partial charge in [0.15, 0.2) is 0 Å². The number of aryl methyl sites for hydroxylation is 2. The van der Waals surface area contributed by atoms with Crippen LogP contribution in [0.1, 0.15) is 17.0 Å². The van der Waals surface area contributed by atoms with Crippen molar-refractivity contribution in [2.24, 2.45) is 5.73 Å². The number of pyridine rings is 1. The molecule has 0 bridgehead atoms. The Bertz CT molecular complexity index is 837. The number of nitrogens with two attached hydrogens (primary N) is 1. The van der Waals surface area contributed by atoms with Gasteiger partial charge >= 0.3 is 0 Å². The number of hydrogen-bond donors (Lipinski definition) is 2. The molecule has 106 valence electrons. The quantitative estimate of drug-likeness (QED) is 0.708. The van der Waals surface area contributed by atoms with Gasteiger partial charge in [-0.05, 0) is 54.9 Å². The van der Waals surface area contributed by atoms with E-state index in [1.165, 1.54) is 10.1 Å². The van der Waals surface area contributed by atoms with Gasteiger partial charge < -0.3 is 11.1 Å². The summed E-state index contributed by atoms with van der Waals surface area (Å²) in [6.45, 7) is 3.89. The topological polar surface area (TPSA) is 50.9 Å². The van der Waals surface area contributed by atoms with Crippen LogP contribution < -0.4 is 11.1 Å². The number of thiophene rings is 1. The van der Waals surface area contributed by atoms with Gasteiger partial charge in [-0.3, -0.25) is 4.98 Å². The number of rotatable bonds is 3. The summed E-state index contributed by atoms with van der Waals surface area (Å²) >= 11 is 6.90. The van der Waals surface area contributed by atoms with Crippen molar-refractivity contribution < 1.29 is 0 Å². The average Bonchev–Trinajstić information content (AvgIpc) is 2.84. The van der Waals surface area contributed by atoms with Gasteiger partial charge in [0.2, 0.25) is 0 Å².